The van der Waals surface area contributed by atoms with E-state index >= 15 is 0 Å². The number of nitrogens with zero attached hydrogens (tertiary/aromatic N) is 2. The third kappa shape index (κ3) is 5.76. The number of amides is 2. The Bertz CT molecular complexity index is 1180. The molecule has 4 rings (SSSR count). The van der Waals surface area contributed by atoms with Crippen molar-refractivity contribution in [2.75, 3.05) is 5.32 Å². The largest absolute Gasteiger partial charge is 0.326 e. The molecule has 2 aliphatic rings. The highest BCUT2D eigenvalue weighted by Gasteiger charge is 2.43. The zero-order valence-corrected chi connectivity index (χ0v) is 20.6. The average Bonchev–Trinajstić information content (AvgIpc) is 3.34. The van der Waals surface area contributed by atoms with Crippen molar-refractivity contribution in [2.45, 2.75) is 54.0 Å². The topological polar surface area (TPSA) is 95.9 Å². The van der Waals surface area contributed by atoms with E-state index in [1.165, 1.54) is 41.3 Å². The van der Waals surface area contributed by atoms with E-state index in [2.05, 4.69) is 9.71 Å². The summed E-state index contributed by atoms with van der Waals surface area (Å²) >= 11 is 7.77. The first kappa shape index (κ1) is 24.2. The van der Waals surface area contributed by atoms with Crippen molar-refractivity contribution in [2.24, 2.45) is 4.40 Å². The zero-order chi connectivity index (χ0) is 23.6. The maximum Gasteiger partial charge on any atom is 0.294 e. The van der Waals surface area contributed by atoms with Crippen LogP contribution in [0.15, 0.2) is 45.0 Å². The molecule has 1 saturated carbocycles. The normalized spacial score (nSPS) is 21.0. The molecule has 1 N–H and O–H groups in total. The van der Waals surface area contributed by atoms with Gasteiger partial charge in [-0.2, -0.15) is 8.42 Å². The van der Waals surface area contributed by atoms with E-state index in [-0.39, 0.29) is 27.7 Å². The minimum Gasteiger partial charge on any atom is -0.326 e. The van der Waals surface area contributed by atoms with Crippen LogP contribution in [0, 0.1) is 5.82 Å². The first-order chi connectivity index (χ1) is 15.7. The number of nitrogens with one attached hydrogen (secondary N) is 1. The number of anilines is 1. The van der Waals surface area contributed by atoms with Crippen molar-refractivity contribution in [1.82, 2.24) is 4.90 Å². The molecular weight excluding hydrogens is 509 g/mol. The number of hydrogen-bond donors (Lipinski definition) is 1. The summed E-state index contributed by atoms with van der Waals surface area (Å²) < 4.78 is 43.1. The van der Waals surface area contributed by atoms with E-state index in [9.17, 15) is 22.4 Å². The van der Waals surface area contributed by atoms with Crippen LogP contribution in [0.5, 0.6) is 0 Å². The molecule has 0 radical (unpaired) electrons. The molecule has 2 aromatic rings. The molecule has 1 atom stereocenters. The van der Waals surface area contributed by atoms with Gasteiger partial charge >= 0.3 is 0 Å². The van der Waals surface area contributed by atoms with Crippen molar-refractivity contribution in [1.29, 1.82) is 0 Å². The molecular formula is C21H21ClFN3O4S3. The average molecular weight is 530 g/mol. The summed E-state index contributed by atoms with van der Waals surface area (Å²) in [5, 5.41) is 1.94. The van der Waals surface area contributed by atoms with Gasteiger partial charge in [0.2, 0.25) is 11.8 Å². The first-order valence-corrected chi connectivity index (χ1v) is 13.9. The lowest BCUT2D eigenvalue weighted by atomic mass is 9.94. The number of thioether (sulfide) groups is 1. The van der Waals surface area contributed by atoms with E-state index in [0.29, 0.717) is 10.0 Å². The third-order valence-corrected chi connectivity index (χ3v) is 9.64. The van der Waals surface area contributed by atoms with Crippen molar-refractivity contribution >= 4 is 67.4 Å². The van der Waals surface area contributed by atoms with Gasteiger partial charge in [0.05, 0.1) is 4.34 Å². The molecule has 12 heteroatoms. The summed E-state index contributed by atoms with van der Waals surface area (Å²) in [7, 11) is -4.05. The summed E-state index contributed by atoms with van der Waals surface area (Å²) in [5.74, 6) is -1.17. The molecule has 1 saturated heterocycles. The van der Waals surface area contributed by atoms with Crippen LogP contribution in [-0.4, -0.2) is 41.6 Å². The second-order valence-corrected chi connectivity index (χ2v) is 12.5. The van der Waals surface area contributed by atoms with Crippen LogP contribution >= 0.6 is 34.7 Å². The zero-order valence-electron chi connectivity index (χ0n) is 17.4. The Hall–Kier alpha value is -1.95. The van der Waals surface area contributed by atoms with Crippen molar-refractivity contribution in [3.63, 3.8) is 0 Å². The fourth-order valence-corrected chi connectivity index (χ4v) is 7.71. The minimum absolute atomic E-state index is 0.00542. The van der Waals surface area contributed by atoms with Crippen LogP contribution in [0.25, 0.3) is 0 Å². The fourth-order valence-electron chi connectivity index (χ4n) is 3.85. The number of hydrogen-bond acceptors (Lipinski definition) is 6. The number of halogens is 2. The highest BCUT2D eigenvalue weighted by atomic mass is 35.5. The standard InChI is InChI=1S/C21H21ClFN3O4S3/c22-17-10-11-19(32-17)33(29,30)25-21-26(15-4-2-1-3-5-15)20(28)16(31-21)12-18(27)24-14-8-6-13(23)7-9-14/h6-11,15-16H,1-5,12H2,(H,24,27)/t16-/m1/s1. The minimum atomic E-state index is -4.05. The molecule has 2 fully saturated rings. The summed E-state index contributed by atoms with van der Waals surface area (Å²) in [5.41, 5.74) is 0.409. The van der Waals surface area contributed by atoms with E-state index in [4.69, 9.17) is 11.6 Å². The molecule has 0 unspecified atom stereocenters. The van der Waals surface area contributed by atoms with Crippen molar-refractivity contribution in [3.8, 4) is 0 Å². The summed E-state index contributed by atoms with van der Waals surface area (Å²) in [4.78, 5) is 27.3. The Morgan fingerprint density at radius 1 is 1.15 bits per heavy atom. The highest BCUT2D eigenvalue weighted by molar-refractivity contribution is 8.16. The molecule has 33 heavy (non-hydrogen) atoms. The Balaban J connectivity index is 1.56. The smallest absolute Gasteiger partial charge is 0.294 e. The first-order valence-electron chi connectivity index (χ1n) is 10.4. The number of sulfonamides is 1. The predicted octanol–water partition coefficient (Wildman–Crippen LogP) is 4.89. The molecule has 1 aliphatic carbocycles. The lowest BCUT2D eigenvalue weighted by molar-refractivity contribution is -0.130. The fraction of sp³-hybridized carbons (Fsp3) is 0.381. The van der Waals surface area contributed by atoms with Crippen LogP contribution in [0.3, 0.4) is 0 Å². The molecule has 0 spiro atoms. The van der Waals surface area contributed by atoms with E-state index in [1.54, 1.807) is 0 Å². The quantitative estimate of drug-likeness (QED) is 0.574. The van der Waals surface area contributed by atoms with E-state index in [0.717, 1.165) is 55.2 Å². The number of benzene rings is 1. The van der Waals surface area contributed by atoms with Crippen LogP contribution in [0.2, 0.25) is 4.34 Å². The van der Waals surface area contributed by atoms with E-state index < -0.39 is 27.0 Å². The number of carbonyl (C=O) groups excluding carboxylic acids is 2. The monoisotopic (exact) mass is 529 g/mol. The summed E-state index contributed by atoms with van der Waals surface area (Å²) in [6.07, 6.45) is 4.29. The molecule has 0 bridgehead atoms. The van der Waals surface area contributed by atoms with Gasteiger partial charge in [-0.15, -0.1) is 15.7 Å². The molecule has 1 aliphatic heterocycles. The number of thiophene rings is 1. The number of rotatable bonds is 6. The van der Waals surface area contributed by atoms with Crippen LogP contribution < -0.4 is 5.32 Å². The van der Waals surface area contributed by atoms with Crippen LogP contribution in [0.4, 0.5) is 10.1 Å². The molecule has 2 amide bonds. The molecule has 7 nitrogen and oxygen atoms in total. The maximum atomic E-state index is 13.3. The lowest BCUT2D eigenvalue weighted by Gasteiger charge is -2.30. The number of amidine groups is 1. The summed E-state index contributed by atoms with van der Waals surface area (Å²) in [6, 6.07) is 8.02. The second-order valence-electron chi connectivity index (χ2n) is 7.77. The van der Waals surface area contributed by atoms with Gasteiger partial charge in [0.25, 0.3) is 10.0 Å². The van der Waals surface area contributed by atoms with Gasteiger partial charge in [-0.05, 0) is 49.2 Å². The van der Waals surface area contributed by atoms with Gasteiger partial charge in [-0.1, -0.05) is 42.6 Å². The Labute approximate surface area is 204 Å². The SMILES string of the molecule is O=C(C[C@H]1SC(=NS(=O)(=O)c2ccc(Cl)s2)N(C2CCCCC2)C1=O)Nc1ccc(F)cc1. The van der Waals surface area contributed by atoms with Crippen molar-refractivity contribution < 1.29 is 22.4 Å². The van der Waals surface area contributed by atoms with Gasteiger partial charge in [0.1, 0.15) is 15.3 Å². The third-order valence-electron chi connectivity index (χ3n) is 5.41. The summed E-state index contributed by atoms with van der Waals surface area (Å²) in [6.45, 7) is 0. The molecule has 2 heterocycles. The van der Waals surface area contributed by atoms with Crippen LogP contribution in [0.1, 0.15) is 38.5 Å². The Kier molecular flexibility index (Phi) is 7.42. The van der Waals surface area contributed by atoms with Gasteiger partial charge < -0.3 is 5.32 Å². The predicted molar refractivity (Wildman–Crippen MR) is 129 cm³/mol. The molecule has 1 aromatic carbocycles. The maximum absolute atomic E-state index is 13.3. The molecule has 176 valence electrons. The van der Waals surface area contributed by atoms with Gasteiger partial charge in [0, 0.05) is 18.2 Å². The number of carbonyl (C=O) groups is 2. The Morgan fingerprint density at radius 2 is 1.85 bits per heavy atom. The lowest BCUT2D eigenvalue weighted by Crippen LogP contribution is -2.42. The van der Waals surface area contributed by atoms with Gasteiger partial charge in [0.15, 0.2) is 5.17 Å². The van der Waals surface area contributed by atoms with E-state index in [1.807, 2.05) is 0 Å². The van der Waals surface area contributed by atoms with Crippen LogP contribution in [-0.2, 0) is 19.6 Å². The Morgan fingerprint density at radius 3 is 2.48 bits per heavy atom. The van der Waals surface area contributed by atoms with Crippen molar-refractivity contribution in [3.05, 3.63) is 46.6 Å². The molecule has 1 aromatic heterocycles. The van der Waals surface area contributed by atoms with Gasteiger partial charge in [-0.25, -0.2) is 4.39 Å². The second kappa shape index (κ2) is 10.1. The highest BCUT2D eigenvalue weighted by Crippen LogP contribution is 2.37. The van der Waals surface area contributed by atoms with Gasteiger partial charge in [-0.3, -0.25) is 14.5 Å².